The van der Waals surface area contributed by atoms with E-state index in [4.69, 9.17) is 0 Å². The monoisotopic (exact) mass is 239 g/mol. The van der Waals surface area contributed by atoms with Crippen LogP contribution in [0.25, 0.3) is 0 Å². The van der Waals surface area contributed by atoms with Crippen molar-refractivity contribution in [1.82, 2.24) is 4.90 Å². The molecule has 0 saturated carbocycles. The first kappa shape index (κ1) is 14.0. The van der Waals surface area contributed by atoms with E-state index in [1.807, 2.05) is 0 Å². The Bertz CT molecular complexity index is 203. The molecule has 1 rings (SSSR count). The van der Waals surface area contributed by atoms with Gasteiger partial charge in [-0.2, -0.15) is 0 Å². The molecule has 1 nitrogen and oxygen atoms in total. The normalized spacial score (nSPS) is 17.2. The van der Waals surface area contributed by atoms with Crippen LogP contribution in [0.3, 0.4) is 0 Å². The largest absolute Gasteiger partial charge is 0.301 e. The van der Waals surface area contributed by atoms with Crippen molar-refractivity contribution in [3.8, 4) is 0 Å². The van der Waals surface area contributed by atoms with Crippen LogP contribution in [0, 0.1) is 0 Å². The second kappa shape index (κ2) is 7.28. The molecular weight excluding hydrogens is 210 g/mol. The van der Waals surface area contributed by atoms with Gasteiger partial charge >= 0.3 is 0 Å². The lowest BCUT2D eigenvalue weighted by molar-refractivity contribution is 0.549. The molecule has 0 N–H and O–H groups in total. The van der Waals surface area contributed by atoms with E-state index in [9.17, 15) is 0 Å². The van der Waals surface area contributed by atoms with Crippen molar-refractivity contribution in [2.24, 2.45) is 0 Å². The first-order chi connectivity index (χ1) is 7.76. The Morgan fingerprint density at radius 3 is 2.12 bits per heavy atom. The molecule has 16 heavy (non-hydrogen) atoms. The molecule has 1 aliphatic heterocycles. The summed E-state index contributed by atoms with van der Waals surface area (Å²) in [7, 11) is -1.04. The molecule has 0 bridgehead atoms. The molecule has 1 aliphatic rings. The van der Waals surface area contributed by atoms with E-state index in [0.29, 0.717) is 0 Å². The van der Waals surface area contributed by atoms with E-state index in [0.717, 1.165) is 0 Å². The summed E-state index contributed by atoms with van der Waals surface area (Å²) >= 11 is 0. The highest BCUT2D eigenvalue weighted by Crippen LogP contribution is 2.28. The second-order valence-corrected chi connectivity index (χ2v) is 9.87. The molecule has 0 spiro atoms. The molecule has 0 radical (unpaired) electrons. The van der Waals surface area contributed by atoms with Gasteiger partial charge in [0.1, 0.15) is 0 Å². The van der Waals surface area contributed by atoms with Crippen LogP contribution < -0.4 is 0 Å². The van der Waals surface area contributed by atoms with Crippen molar-refractivity contribution in [2.75, 3.05) is 19.6 Å². The zero-order chi connectivity index (χ0) is 11.9. The van der Waals surface area contributed by atoms with Crippen molar-refractivity contribution < 1.29 is 0 Å². The zero-order valence-corrected chi connectivity index (χ0v) is 12.5. The average molecular weight is 239 g/mol. The third-order valence-corrected chi connectivity index (χ3v) is 9.09. The second-order valence-electron chi connectivity index (χ2n) is 5.31. The van der Waals surface area contributed by atoms with E-state index in [2.05, 4.69) is 37.4 Å². The van der Waals surface area contributed by atoms with Gasteiger partial charge in [0.05, 0.1) is 8.07 Å². The van der Waals surface area contributed by atoms with Gasteiger partial charge in [-0.15, -0.1) is 0 Å². The molecule has 0 atom stereocenters. The molecule has 1 heterocycles. The number of nitrogens with zero attached hydrogens (tertiary/aromatic N) is 1. The fourth-order valence-corrected chi connectivity index (χ4v) is 7.73. The van der Waals surface area contributed by atoms with Gasteiger partial charge in [-0.25, -0.2) is 0 Å². The molecule has 1 saturated heterocycles. The number of hydrogen-bond acceptors (Lipinski definition) is 1. The van der Waals surface area contributed by atoms with Crippen molar-refractivity contribution in [1.29, 1.82) is 0 Å². The van der Waals surface area contributed by atoms with Gasteiger partial charge in [0, 0.05) is 13.1 Å². The predicted molar refractivity (Wildman–Crippen MR) is 76.6 cm³/mol. The van der Waals surface area contributed by atoms with E-state index in [1.54, 1.807) is 0 Å². The van der Waals surface area contributed by atoms with Gasteiger partial charge < -0.3 is 4.90 Å². The Kier molecular flexibility index (Phi) is 6.36. The SMILES string of the molecule is CC=C[Si](CCC)(CCC)CCCN1CC1. The van der Waals surface area contributed by atoms with Gasteiger partial charge in [0.25, 0.3) is 0 Å². The molecule has 0 aliphatic carbocycles. The summed E-state index contributed by atoms with van der Waals surface area (Å²) in [6, 6.07) is 4.53. The smallest absolute Gasteiger partial charge is 0.0774 e. The van der Waals surface area contributed by atoms with Crippen LogP contribution in [0.1, 0.15) is 40.0 Å². The van der Waals surface area contributed by atoms with Crippen LogP contribution in [0.15, 0.2) is 11.8 Å². The van der Waals surface area contributed by atoms with E-state index in [-0.39, 0.29) is 0 Å². The van der Waals surface area contributed by atoms with Gasteiger partial charge in [-0.3, -0.25) is 0 Å². The number of allylic oxidation sites excluding steroid dienone is 1. The predicted octanol–water partition coefficient (Wildman–Crippen LogP) is 4.08. The minimum atomic E-state index is -1.04. The summed E-state index contributed by atoms with van der Waals surface area (Å²) in [5, 5.41) is 0. The Balaban J connectivity index is 2.42. The van der Waals surface area contributed by atoms with Gasteiger partial charge in [-0.1, -0.05) is 56.6 Å². The molecule has 0 aromatic rings. The van der Waals surface area contributed by atoms with Crippen LogP contribution in [0.5, 0.6) is 0 Å². The molecule has 0 aromatic heterocycles. The lowest BCUT2D eigenvalue weighted by Crippen LogP contribution is -2.32. The highest BCUT2D eigenvalue weighted by Gasteiger charge is 2.28. The Morgan fingerprint density at radius 2 is 1.69 bits per heavy atom. The Hall–Kier alpha value is -0.0831. The quantitative estimate of drug-likeness (QED) is 0.433. The van der Waals surface area contributed by atoms with Crippen LogP contribution in [-0.2, 0) is 0 Å². The van der Waals surface area contributed by atoms with Crippen molar-refractivity contribution in [2.45, 2.75) is 58.2 Å². The molecule has 94 valence electrons. The maximum atomic E-state index is 2.63. The lowest BCUT2D eigenvalue weighted by atomic mass is 10.5. The lowest BCUT2D eigenvalue weighted by Gasteiger charge is -2.28. The van der Waals surface area contributed by atoms with Crippen LogP contribution in [0.4, 0.5) is 0 Å². The summed E-state index contributed by atoms with van der Waals surface area (Å²) in [4.78, 5) is 2.56. The highest BCUT2D eigenvalue weighted by molar-refractivity contribution is 6.84. The van der Waals surface area contributed by atoms with Crippen LogP contribution >= 0.6 is 0 Å². The van der Waals surface area contributed by atoms with Crippen molar-refractivity contribution in [3.63, 3.8) is 0 Å². The highest BCUT2D eigenvalue weighted by atomic mass is 28.3. The van der Waals surface area contributed by atoms with Crippen molar-refractivity contribution >= 4 is 8.07 Å². The molecule has 0 aromatic carbocycles. The van der Waals surface area contributed by atoms with Crippen molar-refractivity contribution in [3.05, 3.63) is 11.8 Å². The topological polar surface area (TPSA) is 3.01 Å². The summed E-state index contributed by atoms with van der Waals surface area (Å²) < 4.78 is 0. The fourth-order valence-electron chi connectivity index (χ4n) is 2.92. The molecule has 0 unspecified atom stereocenters. The summed E-state index contributed by atoms with van der Waals surface area (Å²) in [6.07, 6.45) is 6.52. The standard InChI is InChI=1S/C14H29NSi/c1-4-11-16(12-5-2,13-6-3)14-7-8-15-9-10-15/h4,11H,5-10,12-14H2,1-3H3. The van der Waals surface area contributed by atoms with Gasteiger partial charge in [0.15, 0.2) is 0 Å². The summed E-state index contributed by atoms with van der Waals surface area (Å²) in [5.74, 6) is 0. The van der Waals surface area contributed by atoms with E-state index >= 15 is 0 Å². The average Bonchev–Trinajstić information content (AvgIpc) is 3.03. The van der Waals surface area contributed by atoms with E-state index < -0.39 is 8.07 Å². The Morgan fingerprint density at radius 1 is 1.06 bits per heavy atom. The molecule has 2 heteroatoms. The third kappa shape index (κ3) is 4.83. The molecular formula is C14H29NSi. The maximum Gasteiger partial charge on any atom is 0.0774 e. The zero-order valence-electron chi connectivity index (χ0n) is 11.5. The summed E-state index contributed by atoms with van der Waals surface area (Å²) in [6.45, 7) is 11.0. The minimum Gasteiger partial charge on any atom is -0.301 e. The summed E-state index contributed by atoms with van der Waals surface area (Å²) in [5.41, 5.74) is 2.63. The number of rotatable bonds is 9. The van der Waals surface area contributed by atoms with Crippen LogP contribution in [-0.4, -0.2) is 32.6 Å². The first-order valence-corrected chi connectivity index (χ1v) is 9.82. The third-order valence-electron chi connectivity index (χ3n) is 3.70. The molecule has 1 fully saturated rings. The maximum absolute atomic E-state index is 2.63. The van der Waals surface area contributed by atoms with Crippen LogP contribution in [0.2, 0.25) is 18.1 Å². The van der Waals surface area contributed by atoms with E-state index in [1.165, 1.54) is 57.0 Å². The van der Waals surface area contributed by atoms with Gasteiger partial charge in [0.2, 0.25) is 0 Å². The molecule has 0 amide bonds. The number of hydrogen-bond donors (Lipinski definition) is 0. The Labute approximate surface area is 103 Å². The van der Waals surface area contributed by atoms with Gasteiger partial charge in [-0.05, 0) is 19.9 Å². The fraction of sp³-hybridized carbons (Fsp3) is 0.857. The first-order valence-electron chi connectivity index (χ1n) is 7.12. The minimum absolute atomic E-state index is 1.04.